The SMILES string of the molecule is CCNCCOCCc1ccc(C)cc1. The Balaban J connectivity index is 2.07. The van der Waals surface area contributed by atoms with Gasteiger partial charge in [0.15, 0.2) is 0 Å². The first-order chi connectivity index (χ1) is 7.33. The van der Waals surface area contributed by atoms with Crippen LogP contribution in [0.25, 0.3) is 0 Å². The van der Waals surface area contributed by atoms with Crippen LogP contribution in [0.5, 0.6) is 0 Å². The van der Waals surface area contributed by atoms with Crippen molar-refractivity contribution in [2.24, 2.45) is 0 Å². The maximum atomic E-state index is 5.51. The van der Waals surface area contributed by atoms with Gasteiger partial charge in [0.05, 0.1) is 13.2 Å². The summed E-state index contributed by atoms with van der Waals surface area (Å²) < 4.78 is 5.51. The smallest absolute Gasteiger partial charge is 0.0591 e. The molecule has 2 heteroatoms. The molecule has 0 radical (unpaired) electrons. The topological polar surface area (TPSA) is 21.3 Å². The highest BCUT2D eigenvalue weighted by molar-refractivity contribution is 5.21. The fraction of sp³-hybridized carbons (Fsp3) is 0.538. The van der Waals surface area contributed by atoms with E-state index in [2.05, 4.69) is 43.4 Å². The summed E-state index contributed by atoms with van der Waals surface area (Å²) in [6.45, 7) is 7.79. The van der Waals surface area contributed by atoms with Crippen molar-refractivity contribution in [3.05, 3.63) is 35.4 Å². The van der Waals surface area contributed by atoms with Crippen molar-refractivity contribution in [2.45, 2.75) is 20.3 Å². The van der Waals surface area contributed by atoms with Gasteiger partial charge in [0.1, 0.15) is 0 Å². The van der Waals surface area contributed by atoms with Crippen molar-refractivity contribution in [1.29, 1.82) is 0 Å². The minimum Gasteiger partial charge on any atom is -0.380 e. The molecule has 0 fully saturated rings. The van der Waals surface area contributed by atoms with Gasteiger partial charge < -0.3 is 10.1 Å². The van der Waals surface area contributed by atoms with Crippen LogP contribution in [0, 0.1) is 6.92 Å². The van der Waals surface area contributed by atoms with Crippen LogP contribution in [0.3, 0.4) is 0 Å². The second kappa shape index (κ2) is 7.43. The predicted molar refractivity (Wildman–Crippen MR) is 64.2 cm³/mol. The predicted octanol–water partition coefficient (Wildman–Crippen LogP) is 2.16. The van der Waals surface area contributed by atoms with Gasteiger partial charge in [-0.05, 0) is 25.5 Å². The summed E-state index contributed by atoms with van der Waals surface area (Å²) in [6.07, 6.45) is 1.01. The molecule has 0 spiro atoms. The van der Waals surface area contributed by atoms with Crippen LogP contribution >= 0.6 is 0 Å². The van der Waals surface area contributed by atoms with Crippen molar-refractivity contribution in [1.82, 2.24) is 5.32 Å². The number of hydrogen-bond acceptors (Lipinski definition) is 2. The lowest BCUT2D eigenvalue weighted by atomic mass is 10.1. The quantitative estimate of drug-likeness (QED) is 0.692. The number of hydrogen-bond donors (Lipinski definition) is 1. The number of benzene rings is 1. The van der Waals surface area contributed by atoms with Crippen LogP contribution in [0.2, 0.25) is 0 Å². The van der Waals surface area contributed by atoms with Crippen molar-refractivity contribution >= 4 is 0 Å². The van der Waals surface area contributed by atoms with E-state index < -0.39 is 0 Å². The van der Waals surface area contributed by atoms with E-state index in [4.69, 9.17) is 4.74 Å². The zero-order valence-electron chi connectivity index (χ0n) is 9.75. The average Bonchev–Trinajstić information content (AvgIpc) is 2.26. The number of ether oxygens (including phenoxy) is 1. The van der Waals surface area contributed by atoms with E-state index in [1.807, 2.05) is 0 Å². The van der Waals surface area contributed by atoms with Gasteiger partial charge in [-0.25, -0.2) is 0 Å². The van der Waals surface area contributed by atoms with Crippen molar-refractivity contribution in [2.75, 3.05) is 26.3 Å². The summed E-state index contributed by atoms with van der Waals surface area (Å²) in [5.41, 5.74) is 2.66. The van der Waals surface area contributed by atoms with Gasteiger partial charge in [0.25, 0.3) is 0 Å². The van der Waals surface area contributed by atoms with Crippen LogP contribution < -0.4 is 5.32 Å². The lowest BCUT2D eigenvalue weighted by Crippen LogP contribution is -2.19. The van der Waals surface area contributed by atoms with Gasteiger partial charge in [-0.1, -0.05) is 36.8 Å². The van der Waals surface area contributed by atoms with Gasteiger partial charge in [-0.15, -0.1) is 0 Å². The fourth-order valence-corrected chi connectivity index (χ4v) is 1.37. The summed E-state index contributed by atoms with van der Waals surface area (Å²) in [5, 5.41) is 3.23. The third kappa shape index (κ3) is 5.55. The molecule has 1 aromatic carbocycles. The third-order valence-corrected chi connectivity index (χ3v) is 2.33. The Bertz CT molecular complexity index is 256. The number of aryl methyl sites for hydroxylation is 1. The molecule has 84 valence electrons. The molecule has 0 bridgehead atoms. The van der Waals surface area contributed by atoms with Gasteiger partial charge >= 0.3 is 0 Å². The molecule has 0 aliphatic carbocycles. The molecule has 1 N–H and O–H groups in total. The monoisotopic (exact) mass is 207 g/mol. The van der Waals surface area contributed by atoms with E-state index in [0.717, 1.165) is 32.7 Å². The molecule has 1 aromatic rings. The van der Waals surface area contributed by atoms with Crippen molar-refractivity contribution in [3.63, 3.8) is 0 Å². The molecule has 0 saturated carbocycles. The summed E-state index contributed by atoms with van der Waals surface area (Å²) in [6, 6.07) is 8.63. The Morgan fingerprint density at radius 2 is 1.87 bits per heavy atom. The van der Waals surface area contributed by atoms with Crippen LogP contribution in [0.1, 0.15) is 18.1 Å². The number of nitrogens with one attached hydrogen (secondary N) is 1. The first kappa shape index (κ1) is 12.2. The molecule has 0 saturated heterocycles. The maximum Gasteiger partial charge on any atom is 0.0591 e. The zero-order valence-corrected chi connectivity index (χ0v) is 9.75. The highest BCUT2D eigenvalue weighted by atomic mass is 16.5. The zero-order chi connectivity index (χ0) is 10.9. The molecule has 15 heavy (non-hydrogen) atoms. The molecule has 0 unspecified atom stereocenters. The van der Waals surface area contributed by atoms with Gasteiger partial charge in [-0.2, -0.15) is 0 Å². The molecule has 0 amide bonds. The van der Waals surface area contributed by atoms with Gasteiger partial charge in [0, 0.05) is 6.54 Å². The lowest BCUT2D eigenvalue weighted by molar-refractivity contribution is 0.139. The van der Waals surface area contributed by atoms with E-state index in [0.29, 0.717) is 0 Å². The van der Waals surface area contributed by atoms with Crippen molar-refractivity contribution < 1.29 is 4.74 Å². The highest BCUT2D eigenvalue weighted by Crippen LogP contribution is 2.03. The standard InChI is InChI=1S/C13H21NO/c1-3-14-9-11-15-10-8-13-6-4-12(2)5-7-13/h4-7,14H,3,8-11H2,1-2H3. The molecule has 1 rings (SSSR count). The number of rotatable bonds is 7. The lowest BCUT2D eigenvalue weighted by Gasteiger charge is -2.05. The molecular weight excluding hydrogens is 186 g/mol. The van der Waals surface area contributed by atoms with E-state index in [9.17, 15) is 0 Å². The normalized spacial score (nSPS) is 10.5. The van der Waals surface area contributed by atoms with Crippen LogP contribution in [-0.2, 0) is 11.2 Å². The van der Waals surface area contributed by atoms with E-state index in [1.54, 1.807) is 0 Å². The fourth-order valence-electron chi connectivity index (χ4n) is 1.37. The summed E-state index contributed by atoms with van der Waals surface area (Å²) >= 11 is 0. The van der Waals surface area contributed by atoms with E-state index in [-0.39, 0.29) is 0 Å². The van der Waals surface area contributed by atoms with Gasteiger partial charge in [0.2, 0.25) is 0 Å². The Morgan fingerprint density at radius 1 is 1.13 bits per heavy atom. The molecular formula is C13H21NO. The Labute approximate surface area is 92.6 Å². The van der Waals surface area contributed by atoms with Crippen LogP contribution in [0.15, 0.2) is 24.3 Å². The third-order valence-electron chi connectivity index (χ3n) is 2.33. The summed E-state index contributed by atoms with van der Waals surface area (Å²) in [5.74, 6) is 0. The van der Waals surface area contributed by atoms with Crippen molar-refractivity contribution in [3.8, 4) is 0 Å². The van der Waals surface area contributed by atoms with Crippen LogP contribution in [-0.4, -0.2) is 26.3 Å². The average molecular weight is 207 g/mol. The first-order valence-corrected chi connectivity index (χ1v) is 5.67. The van der Waals surface area contributed by atoms with Gasteiger partial charge in [-0.3, -0.25) is 0 Å². The molecule has 0 aromatic heterocycles. The summed E-state index contributed by atoms with van der Waals surface area (Å²) in [7, 11) is 0. The Hall–Kier alpha value is -0.860. The molecule has 2 nitrogen and oxygen atoms in total. The molecule has 0 aliphatic rings. The first-order valence-electron chi connectivity index (χ1n) is 5.67. The number of likely N-dealkylation sites (N-methyl/N-ethyl adjacent to an activating group) is 1. The highest BCUT2D eigenvalue weighted by Gasteiger charge is 1.93. The Kier molecular flexibility index (Phi) is 6.05. The van der Waals surface area contributed by atoms with E-state index >= 15 is 0 Å². The molecule has 0 aliphatic heterocycles. The van der Waals surface area contributed by atoms with Crippen LogP contribution in [0.4, 0.5) is 0 Å². The second-order valence-electron chi connectivity index (χ2n) is 3.70. The largest absolute Gasteiger partial charge is 0.380 e. The molecule has 0 heterocycles. The summed E-state index contributed by atoms with van der Waals surface area (Å²) in [4.78, 5) is 0. The minimum absolute atomic E-state index is 0.805. The van der Waals surface area contributed by atoms with E-state index in [1.165, 1.54) is 11.1 Å². The minimum atomic E-state index is 0.805. The maximum absolute atomic E-state index is 5.51. The molecule has 0 atom stereocenters. The Morgan fingerprint density at radius 3 is 2.53 bits per heavy atom. The second-order valence-corrected chi connectivity index (χ2v) is 3.70.